The van der Waals surface area contributed by atoms with Crippen LogP contribution in [0, 0.1) is 0 Å². The van der Waals surface area contributed by atoms with Gasteiger partial charge in [-0.15, -0.1) is 0 Å². The van der Waals surface area contributed by atoms with Gasteiger partial charge in [0.25, 0.3) is 0 Å². The summed E-state index contributed by atoms with van der Waals surface area (Å²) in [6, 6.07) is 7.98. The summed E-state index contributed by atoms with van der Waals surface area (Å²) in [5, 5.41) is 8.05. The maximum atomic E-state index is 11.0. The maximum Gasteiger partial charge on any atom is 0.439 e. The standard InChI is InChI=1S/C8H7NO4/c10-7(13-8(11)9-12)6-4-2-1-3-5-6/h1-5,12H,(H,9,11). The van der Waals surface area contributed by atoms with Gasteiger partial charge in [-0.2, -0.15) is 0 Å². The Morgan fingerprint density at radius 2 is 1.85 bits per heavy atom. The fraction of sp³-hybridized carbons (Fsp3) is 0. The number of ether oxygens (including phenoxy) is 1. The van der Waals surface area contributed by atoms with Gasteiger partial charge in [-0.25, -0.2) is 15.1 Å². The SMILES string of the molecule is O=C(NO)OC(=O)c1ccccc1. The van der Waals surface area contributed by atoms with Crippen molar-refractivity contribution in [2.24, 2.45) is 0 Å². The summed E-state index contributed by atoms with van der Waals surface area (Å²) in [7, 11) is 0. The number of nitrogens with one attached hydrogen (secondary N) is 1. The number of hydroxylamine groups is 1. The van der Waals surface area contributed by atoms with Gasteiger partial charge in [0.2, 0.25) is 0 Å². The van der Waals surface area contributed by atoms with Gasteiger partial charge in [0.1, 0.15) is 0 Å². The lowest BCUT2D eigenvalue weighted by Crippen LogP contribution is -2.23. The Balaban J connectivity index is 2.65. The van der Waals surface area contributed by atoms with Crippen molar-refractivity contribution in [3.8, 4) is 0 Å². The first-order chi connectivity index (χ1) is 6.24. The van der Waals surface area contributed by atoms with Crippen molar-refractivity contribution in [1.29, 1.82) is 0 Å². The molecule has 1 amide bonds. The number of carbonyl (C=O) groups is 2. The second-order valence-corrected chi connectivity index (χ2v) is 2.15. The predicted octanol–water partition coefficient (Wildman–Crippen LogP) is 0.942. The van der Waals surface area contributed by atoms with Crippen LogP contribution in [0.4, 0.5) is 4.79 Å². The Labute approximate surface area is 73.9 Å². The molecule has 5 nitrogen and oxygen atoms in total. The summed E-state index contributed by atoms with van der Waals surface area (Å²) >= 11 is 0. The van der Waals surface area contributed by atoms with Crippen molar-refractivity contribution in [2.75, 3.05) is 0 Å². The van der Waals surface area contributed by atoms with Crippen molar-refractivity contribution >= 4 is 12.1 Å². The van der Waals surface area contributed by atoms with Gasteiger partial charge in [0.15, 0.2) is 0 Å². The highest BCUT2D eigenvalue weighted by Crippen LogP contribution is 2.00. The summed E-state index contributed by atoms with van der Waals surface area (Å²) in [4.78, 5) is 21.4. The highest BCUT2D eigenvalue weighted by molar-refractivity contribution is 5.96. The van der Waals surface area contributed by atoms with Crippen molar-refractivity contribution in [2.45, 2.75) is 0 Å². The molecule has 68 valence electrons. The van der Waals surface area contributed by atoms with Gasteiger partial charge in [-0.1, -0.05) is 18.2 Å². The first kappa shape index (κ1) is 9.21. The Hall–Kier alpha value is -1.88. The molecule has 1 aromatic carbocycles. The van der Waals surface area contributed by atoms with Crippen LogP contribution in [0.3, 0.4) is 0 Å². The van der Waals surface area contributed by atoms with E-state index in [1.807, 2.05) is 0 Å². The normalized spacial score (nSPS) is 9.00. The summed E-state index contributed by atoms with van der Waals surface area (Å²) in [5.41, 5.74) is 1.43. The number of carbonyl (C=O) groups excluding carboxylic acids is 2. The quantitative estimate of drug-likeness (QED) is 0.292. The van der Waals surface area contributed by atoms with Crippen molar-refractivity contribution in [3.63, 3.8) is 0 Å². The third kappa shape index (κ3) is 2.57. The van der Waals surface area contributed by atoms with Gasteiger partial charge in [-0.05, 0) is 12.1 Å². The molecular formula is C8H7NO4. The van der Waals surface area contributed by atoms with Crippen LogP contribution in [-0.2, 0) is 4.74 Å². The van der Waals surface area contributed by atoms with Gasteiger partial charge in [0, 0.05) is 0 Å². The molecule has 0 saturated heterocycles. The Bertz CT molecular complexity index is 309. The monoisotopic (exact) mass is 181 g/mol. The lowest BCUT2D eigenvalue weighted by Gasteiger charge is -1.99. The second-order valence-electron chi connectivity index (χ2n) is 2.15. The molecule has 0 spiro atoms. The topological polar surface area (TPSA) is 75.6 Å². The number of hydrogen-bond donors (Lipinski definition) is 2. The molecule has 1 aromatic rings. The number of rotatable bonds is 1. The van der Waals surface area contributed by atoms with E-state index in [2.05, 4.69) is 4.74 Å². The Kier molecular flexibility index (Phi) is 2.99. The molecule has 13 heavy (non-hydrogen) atoms. The van der Waals surface area contributed by atoms with E-state index in [9.17, 15) is 9.59 Å². The lowest BCUT2D eigenvalue weighted by molar-refractivity contribution is 0.0522. The van der Waals surface area contributed by atoms with Crippen LogP contribution in [0.25, 0.3) is 0 Å². The van der Waals surface area contributed by atoms with Crippen LogP contribution in [0.2, 0.25) is 0 Å². The third-order valence-electron chi connectivity index (χ3n) is 1.29. The van der Waals surface area contributed by atoms with Gasteiger partial charge < -0.3 is 4.74 Å². The van der Waals surface area contributed by atoms with Crippen LogP contribution >= 0.6 is 0 Å². The molecule has 0 radical (unpaired) electrons. The van der Waals surface area contributed by atoms with Gasteiger partial charge in [-0.3, -0.25) is 5.21 Å². The van der Waals surface area contributed by atoms with Crippen LogP contribution in [-0.4, -0.2) is 17.3 Å². The van der Waals surface area contributed by atoms with Crippen molar-refractivity contribution in [1.82, 2.24) is 5.48 Å². The second kappa shape index (κ2) is 4.22. The van der Waals surface area contributed by atoms with E-state index in [4.69, 9.17) is 5.21 Å². The largest absolute Gasteiger partial charge is 0.439 e. The smallest absolute Gasteiger partial charge is 0.371 e. The van der Waals surface area contributed by atoms with E-state index in [0.29, 0.717) is 0 Å². The number of benzene rings is 1. The van der Waals surface area contributed by atoms with Crippen LogP contribution in [0.1, 0.15) is 10.4 Å². The molecule has 0 heterocycles. The van der Waals surface area contributed by atoms with Crippen molar-refractivity contribution in [3.05, 3.63) is 35.9 Å². The Morgan fingerprint density at radius 1 is 1.23 bits per heavy atom. The fourth-order valence-electron chi connectivity index (χ4n) is 0.740. The fourth-order valence-corrected chi connectivity index (χ4v) is 0.740. The first-order valence-corrected chi connectivity index (χ1v) is 3.45. The van der Waals surface area contributed by atoms with E-state index in [-0.39, 0.29) is 5.56 Å². The Morgan fingerprint density at radius 3 is 2.38 bits per heavy atom. The molecule has 0 bridgehead atoms. The number of hydrogen-bond acceptors (Lipinski definition) is 4. The average Bonchev–Trinajstić information content (AvgIpc) is 2.19. The summed E-state index contributed by atoms with van der Waals surface area (Å²) in [6.07, 6.45) is -1.20. The predicted molar refractivity (Wildman–Crippen MR) is 42.2 cm³/mol. The van der Waals surface area contributed by atoms with Crippen LogP contribution in [0.5, 0.6) is 0 Å². The zero-order valence-corrected chi connectivity index (χ0v) is 6.56. The average molecular weight is 181 g/mol. The molecule has 0 aliphatic carbocycles. The molecular weight excluding hydrogens is 174 g/mol. The molecule has 0 saturated carbocycles. The number of esters is 1. The van der Waals surface area contributed by atoms with Crippen LogP contribution < -0.4 is 5.48 Å². The first-order valence-electron chi connectivity index (χ1n) is 3.45. The molecule has 5 heteroatoms. The molecule has 0 aliphatic heterocycles. The maximum absolute atomic E-state index is 11.0. The molecule has 0 aliphatic rings. The van der Waals surface area contributed by atoms with Crippen molar-refractivity contribution < 1.29 is 19.5 Å². The van der Waals surface area contributed by atoms with Crippen LogP contribution in [0.15, 0.2) is 30.3 Å². The zero-order chi connectivity index (χ0) is 9.68. The zero-order valence-electron chi connectivity index (χ0n) is 6.56. The molecule has 2 N–H and O–H groups in total. The molecule has 0 atom stereocenters. The molecule has 1 rings (SSSR count). The highest BCUT2D eigenvalue weighted by atomic mass is 16.6. The van der Waals surface area contributed by atoms with E-state index in [1.54, 1.807) is 18.2 Å². The summed E-state index contributed by atoms with van der Waals surface area (Å²) in [5.74, 6) is -0.813. The minimum Gasteiger partial charge on any atom is -0.371 e. The third-order valence-corrected chi connectivity index (χ3v) is 1.29. The summed E-state index contributed by atoms with van der Waals surface area (Å²) in [6.45, 7) is 0. The highest BCUT2D eigenvalue weighted by Gasteiger charge is 2.10. The van der Waals surface area contributed by atoms with E-state index < -0.39 is 12.1 Å². The molecule has 0 fully saturated rings. The van der Waals surface area contributed by atoms with Gasteiger partial charge >= 0.3 is 12.1 Å². The lowest BCUT2D eigenvalue weighted by atomic mass is 10.2. The minimum atomic E-state index is -1.20. The molecule has 0 aromatic heterocycles. The van der Waals surface area contributed by atoms with E-state index in [1.165, 1.54) is 17.6 Å². The minimum absolute atomic E-state index is 0.242. The van der Waals surface area contributed by atoms with E-state index >= 15 is 0 Å². The van der Waals surface area contributed by atoms with Gasteiger partial charge in [0.05, 0.1) is 5.56 Å². The summed E-state index contributed by atoms with van der Waals surface area (Å²) < 4.78 is 4.15. The number of amides is 1. The molecule has 0 unspecified atom stereocenters. The van der Waals surface area contributed by atoms with E-state index in [0.717, 1.165) is 0 Å².